The van der Waals surface area contributed by atoms with Gasteiger partial charge in [0.15, 0.2) is 5.16 Å². The number of nitrogens with zero attached hydrogens (tertiary/aromatic N) is 2. The summed E-state index contributed by atoms with van der Waals surface area (Å²) in [4.78, 5) is 45.2. The maximum absolute atomic E-state index is 13.9. The fourth-order valence-electron chi connectivity index (χ4n) is 5.14. The van der Waals surface area contributed by atoms with Gasteiger partial charge in [-0.05, 0) is 68.2 Å². The van der Waals surface area contributed by atoms with Crippen molar-refractivity contribution in [3.8, 4) is 16.8 Å². The lowest BCUT2D eigenvalue weighted by Crippen LogP contribution is -2.44. The first-order valence-electron chi connectivity index (χ1n) is 14.2. The third-order valence-corrected chi connectivity index (χ3v) is 8.66. The van der Waals surface area contributed by atoms with Crippen molar-refractivity contribution in [3.63, 3.8) is 0 Å². The van der Waals surface area contributed by atoms with E-state index >= 15 is 0 Å². The summed E-state index contributed by atoms with van der Waals surface area (Å²) in [7, 11) is 0. The molecule has 4 aromatic rings. The quantitative estimate of drug-likeness (QED) is 0.149. The first-order chi connectivity index (χ1) is 20.0. The molecule has 5 rings (SSSR count). The molecule has 0 bridgehead atoms. The number of nitrogens with one attached hydrogen (secondary N) is 2. The van der Waals surface area contributed by atoms with Gasteiger partial charge in [-0.2, -0.15) is 0 Å². The Morgan fingerprint density at radius 1 is 1.07 bits per heavy atom. The molecule has 1 fully saturated rings. The number of imide groups is 1. The molecule has 1 saturated heterocycles. The minimum absolute atomic E-state index is 0.179. The van der Waals surface area contributed by atoms with Crippen LogP contribution < -0.4 is 21.9 Å². The van der Waals surface area contributed by atoms with E-state index in [0.29, 0.717) is 46.7 Å². The third kappa shape index (κ3) is 6.52. The molecule has 1 aliphatic rings. The van der Waals surface area contributed by atoms with Crippen LogP contribution >= 0.6 is 11.8 Å². The standard InChI is InChI=1S/C32H35N5O3S/c1-2-3-15-28(30(39)36-29(38)21-16-18-34-19-17-21)41-32-35-27-14-7-5-12-25(27)31(40)37(32)23-10-8-9-22(20-23)24-11-4-6-13-26(24)33/h4-14,20-21,28,34H,2-3,15-19,33H2,1H3,(H,36,38,39). The lowest BCUT2D eigenvalue weighted by atomic mass is 9.97. The average molecular weight is 570 g/mol. The molecule has 8 nitrogen and oxygen atoms in total. The van der Waals surface area contributed by atoms with Crippen molar-refractivity contribution in [1.29, 1.82) is 0 Å². The van der Waals surface area contributed by atoms with Crippen LogP contribution in [0.3, 0.4) is 0 Å². The molecule has 1 aromatic heterocycles. The first-order valence-corrected chi connectivity index (χ1v) is 15.0. The van der Waals surface area contributed by atoms with Crippen molar-refractivity contribution in [3.05, 3.63) is 83.2 Å². The highest BCUT2D eigenvalue weighted by atomic mass is 32.2. The lowest BCUT2D eigenvalue weighted by molar-refractivity contribution is -0.133. The van der Waals surface area contributed by atoms with Gasteiger partial charge in [-0.1, -0.05) is 74.0 Å². The topological polar surface area (TPSA) is 119 Å². The highest BCUT2D eigenvalue weighted by molar-refractivity contribution is 8.00. The van der Waals surface area contributed by atoms with Gasteiger partial charge >= 0.3 is 0 Å². The zero-order valence-corrected chi connectivity index (χ0v) is 24.0. The molecule has 2 heterocycles. The van der Waals surface area contributed by atoms with Crippen molar-refractivity contribution >= 4 is 40.2 Å². The number of unbranched alkanes of at least 4 members (excludes halogenated alkanes) is 1. The van der Waals surface area contributed by atoms with E-state index in [1.807, 2.05) is 60.7 Å². The Bertz CT molecular complexity index is 1610. The second-order valence-corrected chi connectivity index (χ2v) is 11.5. The predicted octanol–water partition coefficient (Wildman–Crippen LogP) is 4.93. The highest BCUT2D eigenvalue weighted by Crippen LogP contribution is 2.31. The van der Waals surface area contributed by atoms with Crippen LogP contribution in [0.25, 0.3) is 27.7 Å². The zero-order valence-electron chi connectivity index (χ0n) is 23.1. The van der Waals surface area contributed by atoms with Crippen LogP contribution in [0.5, 0.6) is 0 Å². The molecule has 4 N–H and O–H groups in total. The smallest absolute Gasteiger partial charge is 0.266 e. The van der Waals surface area contributed by atoms with Gasteiger partial charge in [0.05, 0.1) is 21.8 Å². The van der Waals surface area contributed by atoms with Gasteiger partial charge in [0.25, 0.3) is 5.56 Å². The van der Waals surface area contributed by atoms with Gasteiger partial charge in [-0.15, -0.1) is 0 Å². The number of hydrogen-bond donors (Lipinski definition) is 3. The Kier molecular flexibility index (Phi) is 9.16. The van der Waals surface area contributed by atoms with Gasteiger partial charge in [-0.3, -0.25) is 24.3 Å². The molecule has 1 aliphatic heterocycles. The molecule has 212 valence electrons. The Labute approximate surface area is 243 Å². The first kappa shape index (κ1) is 28.6. The second-order valence-electron chi connectivity index (χ2n) is 10.3. The minimum Gasteiger partial charge on any atom is -0.398 e. The monoisotopic (exact) mass is 569 g/mol. The van der Waals surface area contributed by atoms with Gasteiger partial charge in [0.2, 0.25) is 11.8 Å². The van der Waals surface area contributed by atoms with E-state index < -0.39 is 5.25 Å². The van der Waals surface area contributed by atoms with Crippen LogP contribution in [0, 0.1) is 5.92 Å². The number of rotatable bonds is 9. The number of para-hydroxylation sites is 2. The highest BCUT2D eigenvalue weighted by Gasteiger charge is 2.28. The Balaban J connectivity index is 1.54. The van der Waals surface area contributed by atoms with E-state index in [1.165, 1.54) is 11.8 Å². The van der Waals surface area contributed by atoms with E-state index in [9.17, 15) is 14.4 Å². The van der Waals surface area contributed by atoms with Crippen molar-refractivity contribution in [2.75, 3.05) is 18.8 Å². The van der Waals surface area contributed by atoms with Crippen molar-refractivity contribution < 1.29 is 9.59 Å². The number of piperidine rings is 1. The second kappa shape index (κ2) is 13.1. The molecule has 41 heavy (non-hydrogen) atoms. The summed E-state index contributed by atoms with van der Waals surface area (Å²) in [6, 6.07) is 22.4. The molecule has 9 heteroatoms. The van der Waals surface area contributed by atoms with Crippen LogP contribution in [0.4, 0.5) is 5.69 Å². The van der Waals surface area contributed by atoms with Gasteiger partial charge < -0.3 is 11.1 Å². The zero-order chi connectivity index (χ0) is 28.8. The number of carbonyl (C=O) groups excluding carboxylic acids is 2. The summed E-state index contributed by atoms with van der Waals surface area (Å²) >= 11 is 1.23. The van der Waals surface area contributed by atoms with Crippen molar-refractivity contribution in [1.82, 2.24) is 20.2 Å². The fraction of sp³-hybridized carbons (Fsp3) is 0.312. The number of carbonyl (C=O) groups is 2. The van der Waals surface area contributed by atoms with E-state index in [2.05, 4.69) is 17.6 Å². The molecular weight excluding hydrogens is 534 g/mol. The molecule has 2 amide bonds. The van der Waals surface area contributed by atoms with Crippen LogP contribution in [0.1, 0.15) is 39.0 Å². The summed E-state index contributed by atoms with van der Waals surface area (Å²) in [5.41, 5.74) is 9.57. The molecule has 0 spiro atoms. The van der Waals surface area contributed by atoms with Crippen molar-refractivity contribution in [2.45, 2.75) is 49.4 Å². The maximum atomic E-state index is 13.9. The molecule has 0 saturated carbocycles. The van der Waals surface area contributed by atoms with Crippen LogP contribution in [0.15, 0.2) is 82.7 Å². The molecule has 0 aliphatic carbocycles. The van der Waals surface area contributed by atoms with Gasteiger partial charge in [-0.25, -0.2) is 4.98 Å². The molecular formula is C32H35N5O3S. The Morgan fingerprint density at radius 2 is 1.83 bits per heavy atom. The number of aromatic nitrogens is 2. The summed E-state index contributed by atoms with van der Waals surface area (Å²) in [6.07, 6.45) is 3.66. The number of nitrogens with two attached hydrogens (primary N) is 1. The normalized spacial score (nSPS) is 14.6. The lowest BCUT2D eigenvalue weighted by Gasteiger charge is -2.23. The number of thioether (sulfide) groups is 1. The van der Waals surface area contributed by atoms with Crippen molar-refractivity contribution in [2.24, 2.45) is 5.92 Å². The van der Waals surface area contributed by atoms with Gasteiger partial charge in [0, 0.05) is 17.2 Å². The summed E-state index contributed by atoms with van der Waals surface area (Å²) in [5.74, 6) is -0.746. The minimum atomic E-state index is -0.590. The molecule has 3 aromatic carbocycles. The van der Waals surface area contributed by atoms with Crippen LogP contribution in [0.2, 0.25) is 0 Å². The number of fused-ring (bicyclic) bond motifs is 1. The number of benzene rings is 3. The fourth-order valence-corrected chi connectivity index (χ4v) is 6.29. The molecule has 1 unspecified atom stereocenters. The Morgan fingerprint density at radius 3 is 2.61 bits per heavy atom. The van der Waals surface area contributed by atoms with E-state index in [4.69, 9.17) is 10.7 Å². The molecule has 1 atom stereocenters. The van der Waals surface area contributed by atoms with E-state index in [-0.39, 0.29) is 23.3 Å². The Hall–Kier alpha value is -3.95. The number of anilines is 1. The summed E-state index contributed by atoms with van der Waals surface area (Å²) < 4.78 is 1.57. The number of hydrogen-bond acceptors (Lipinski definition) is 7. The summed E-state index contributed by atoms with van der Waals surface area (Å²) in [6.45, 7) is 3.59. The predicted molar refractivity (Wildman–Crippen MR) is 165 cm³/mol. The largest absolute Gasteiger partial charge is 0.398 e. The summed E-state index contributed by atoms with van der Waals surface area (Å²) in [5, 5.41) is 6.21. The van der Waals surface area contributed by atoms with Crippen LogP contribution in [-0.2, 0) is 9.59 Å². The SMILES string of the molecule is CCCCC(Sc1nc2ccccc2c(=O)n1-c1cccc(-c2ccccc2N)c1)C(=O)NC(=O)C1CCNCC1. The van der Waals surface area contributed by atoms with Gasteiger partial charge in [0.1, 0.15) is 0 Å². The third-order valence-electron chi connectivity index (χ3n) is 7.44. The van der Waals surface area contributed by atoms with E-state index in [0.717, 1.165) is 37.1 Å². The number of nitrogen functional groups attached to an aromatic ring is 1. The number of amides is 2. The maximum Gasteiger partial charge on any atom is 0.266 e. The molecule has 0 radical (unpaired) electrons. The van der Waals surface area contributed by atoms with E-state index in [1.54, 1.807) is 16.7 Å². The average Bonchev–Trinajstić information content (AvgIpc) is 3.00. The van der Waals surface area contributed by atoms with Crippen LogP contribution in [-0.4, -0.2) is 39.7 Å².